The Bertz CT molecular complexity index is 377. The molecular formula is C10H15N5O. The Balaban J connectivity index is 2.08. The molecule has 6 heteroatoms. The number of nitrogens with two attached hydrogens (primary N) is 1. The molecule has 1 saturated heterocycles. The number of likely N-dealkylation sites (N-methyl/N-ethyl adjacent to an activating group) is 1. The van der Waals surface area contributed by atoms with E-state index in [1.165, 1.54) is 0 Å². The molecule has 1 aromatic rings. The van der Waals surface area contributed by atoms with Crippen LogP contribution in [0.3, 0.4) is 0 Å². The van der Waals surface area contributed by atoms with Gasteiger partial charge < -0.3 is 16.0 Å². The number of nitrogens with one attached hydrogen (secondary N) is 1. The Morgan fingerprint density at radius 3 is 2.88 bits per heavy atom. The highest BCUT2D eigenvalue weighted by Gasteiger charge is 2.22. The molecule has 2 heterocycles. The van der Waals surface area contributed by atoms with E-state index < -0.39 is 5.91 Å². The van der Waals surface area contributed by atoms with Crippen LogP contribution in [0.25, 0.3) is 0 Å². The molecule has 1 aromatic heterocycles. The van der Waals surface area contributed by atoms with Crippen LogP contribution in [0.4, 0.5) is 5.82 Å². The van der Waals surface area contributed by atoms with Crippen molar-refractivity contribution in [3.05, 3.63) is 17.8 Å². The number of primary amides is 1. The van der Waals surface area contributed by atoms with Gasteiger partial charge in [-0.2, -0.15) is 0 Å². The number of hydrogen-bond acceptors (Lipinski definition) is 5. The second-order valence-corrected chi connectivity index (χ2v) is 3.86. The van der Waals surface area contributed by atoms with E-state index in [0.29, 0.717) is 6.04 Å². The van der Waals surface area contributed by atoms with Crippen LogP contribution < -0.4 is 16.0 Å². The summed E-state index contributed by atoms with van der Waals surface area (Å²) in [4.78, 5) is 13.0. The first-order valence-corrected chi connectivity index (χ1v) is 5.26. The second-order valence-electron chi connectivity index (χ2n) is 3.86. The summed E-state index contributed by atoms with van der Waals surface area (Å²) in [5.41, 5.74) is 5.30. The van der Waals surface area contributed by atoms with E-state index in [-0.39, 0.29) is 5.69 Å². The molecule has 6 nitrogen and oxygen atoms in total. The van der Waals surface area contributed by atoms with Gasteiger partial charge in [-0.15, -0.1) is 10.2 Å². The minimum atomic E-state index is -0.548. The summed E-state index contributed by atoms with van der Waals surface area (Å²) in [6.45, 7) is 1.87. The van der Waals surface area contributed by atoms with Crippen LogP contribution in [-0.4, -0.2) is 42.3 Å². The smallest absolute Gasteiger partial charge is 0.269 e. The van der Waals surface area contributed by atoms with Gasteiger partial charge >= 0.3 is 0 Å². The highest BCUT2D eigenvalue weighted by Crippen LogP contribution is 2.16. The number of anilines is 1. The van der Waals surface area contributed by atoms with Crippen LogP contribution in [0.2, 0.25) is 0 Å². The summed E-state index contributed by atoms with van der Waals surface area (Å²) in [5.74, 6) is 0.247. The lowest BCUT2D eigenvalue weighted by Crippen LogP contribution is -2.30. The van der Waals surface area contributed by atoms with Crippen molar-refractivity contribution in [2.24, 2.45) is 5.73 Å². The maximum absolute atomic E-state index is 10.8. The maximum Gasteiger partial charge on any atom is 0.269 e. The molecule has 1 amide bonds. The molecule has 0 aromatic carbocycles. The van der Waals surface area contributed by atoms with E-state index in [4.69, 9.17) is 5.73 Å². The van der Waals surface area contributed by atoms with E-state index in [0.717, 1.165) is 25.3 Å². The maximum atomic E-state index is 10.8. The van der Waals surface area contributed by atoms with Crippen molar-refractivity contribution in [3.63, 3.8) is 0 Å². The first kappa shape index (κ1) is 10.8. The van der Waals surface area contributed by atoms with Crippen LogP contribution in [0, 0.1) is 0 Å². The second kappa shape index (κ2) is 4.44. The summed E-state index contributed by atoms with van der Waals surface area (Å²) < 4.78 is 0. The summed E-state index contributed by atoms with van der Waals surface area (Å²) in [6.07, 6.45) is 1.09. The molecule has 86 valence electrons. The standard InChI is InChI=1S/C10H15N5O/c1-12-7-4-5-15(6-7)9-3-2-8(10(11)16)13-14-9/h2-3,7,12H,4-6H2,1H3,(H2,11,16). The molecule has 2 rings (SSSR count). The number of nitrogens with zero attached hydrogens (tertiary/aromatic N) is 3. The molecule has 0 aliphatic carbocycles. The molecule has 0 saturated carbocycles. The van der Waals surface area contributed by atoms with Gasteiger partial charge in [0.1, 0.15) is 0 Å². The van der Waals surface area contributed by atoms with Crippen molar-refractivity contribution in [1.29, 1.82) is 0 Å². The van der Waals surface area contributed by atoms with Crippen molar-refractivity contribution in [2.45, 2.75) is 12.5 Å². The molecule has 0 radical (unpaired) electrons. The predicted molar refractivity (Wildman–Crippen MR) is 60.2 cm³/mol. The molecule has 3 N–H and O–H groups in total. The Kier molecular flexibility index (Phi) is 3.00. The van der Waals surface area contributed by atoms with Crippen LogP contribution in [0.1, 0.15) is 16.9 Å². The lowest BCUT2D eigenvalue weighted by atomic mass is 10.3. The van der Waals surface area contributed by atoms with Crippen LogP contribution in [-0.2, 0) is 0 Å². The molecule has 1 atom stereocenters. The largest absolute Gasteiger partial charge is 0.364 e. The van der Waals surface area contributed by atoms with E-state index >= 15 is 0 Å². The third kappa shape index (κ3) is 2.11. The van der Waals surface area contributed by atoms with Gasteiger partial charge in [0.05, 0.1) is 0 Å². The van der Waals surface area contributed by atoms with Gasteiger partial charge in [0.25, 0.3) is 5.91 Å². The van der Waals surface area contributed by atoms with Gasteiger partial charge in [-0.25, -0.2) is 0 Å². The van der Waals surface area contributed by atoms with Gasteiger partial charge in [0.15, 0.2) is 11.5 Å². The lowest BCUT2D eigenvalue weighted by molar-refractivity contribution is 0.0994. The first-order valence-electron chi connectivity index (χ1n) is 5.26. The van der Waals surface area contributed by atoms with Crippen molar-refractivity contribution in [2.75, 3.05) is 25.0 Å². The van der Waals surface area contributed by atoms with Gasteiger partial charge in [0, 0.05) is 19.1 Å². The van der Waals surface area contributed by atoms with Gasteiger partial charge in [0.2, 0.25) is 0 Å². The quantitative estimate of drug-likeness (QED) is 0.710. The zero-order chi connectivity index (χ0) is 11.5. The molecule has 1 aliphatic heterocycles. The fraction of sp³-hybridized carbons (Fsp3) is 0.500. The van der Waals surface area contributed by atoms with Crippen LogP contribution >= 0.6 is 0 Å². The normalized spacial score (nSPS) is 20.1. The minimum absolute atomic E-state index is 0.202. The highest BCUT2D eigenvalue weighted by molar-refractivity contribution is 5.90. The number of hydrogen-bond donors (Lipinski definition) is 2. The molecule has 0 bridgehead atoms. The van der Waals surface area contributed by atoms with E-state index in [1.807, 2.05) is 7.05 Å². The summed E-state index contributed by atoms with van der Waals surface area (Å²) in [6, 6.07) is 3.89. The Morgan fingerprint density at radius 2 is 2.38 bits per heavy atom. The average molecular weight is 221 g/mol. The molecule has 1 fully saturated rings. The summed E-state index contributed by atoms with van der Waals surface area (Å²) in [5, 5.41) is 11.0. The zero-order valence-electron chi connectivity index (χ0n) is 9.18. The van der Waals surface area contributed by atoms with Gasteiger partial charge in [-0.3, -0.25) is 4.79 Å². The minimum Gasteiger partial charge on any atom is -0.364 e. The number of aromatic nitrogens is 2. The first-order chi connectivity index (χ1) is 7.70. The molecular weight excluding hydrogens is 206 g/mol. The molecule has 16 heavy (non-hydrogen) atoms. The summed E-state index contributed by atoms with van der Waals surface area (Å²) >= 11 is 0. The lowest BCUT2D eigenvalue weighted by Gasteiger charge is -2.16. The predicted octanol–water partition coefficient (Wildman–Crippen LogP) is -0.626. The van der Waals surface area contributed by atoms with Crippen LogP contribution in [0.5, 0.6) is 0 Å². The van der Waals surface area contributed by atoms with Crippen molar-refractivity contribution >= 4 is 11.7 Å². The fourth-order valence-electron chi connectivity index (χ4n) is 1.83. The topological polar surface area (TPSA) is 84.1 Å². The van der Waals surface area contributed by atoms with Gasteiger partial charge in [-0.05, 0) is 25.6 Å². The molecule has 1 aliphatic rings. The SMILES string of the molecule is CNC1CCN(c2ccc(C(N)=O)nn2)C1. The highest BCUT2D eigenvalue weighted by atomic mass is 16.1. The third-order valence-electron chi connectivity index (χ3n) is 2.82. The Labute approximate surface area is 93.8 Å². The van der Waals surface area contributed by atoms with Crippen LogP contribution in [0.15, 0.2) is 12.1 Å². The van der Waals surface area contributed by atoms with E-state index in [1.54, 1.807) is 12.1 Å². The Hall–Kier alpha value is -1.69. The summed E-state index contributed by atoms with van der Waals surface area (Å²) in [7, 11) is 1.95. The van der Waals surface area contributed by atoms with E-state index in [2.05, 4.69) is 20.4 Å². The number of amides is 1. The zero-order valence-corrected chi connectivity index (χ0v) is 9.18. The third-order valence-corrected chi connectivity index (χ3v) is 2.82. The number of carbonyl (C=O) groups is 1. The average Bonchev–Trinajstić information content (AvgIpc) is 2.77. The Morgan fingerprint density at radius 1 is 1.56 bits per heavy atom. The van der Waals surface area contributed by atoms with E-state index in [9.17, 15) is 4.79 Å². The fourth-order valence-corrected chi connectivity index (χ4v) is 1.83. The molecule has 0 spiro atoms. The monoisotopic (exact) mass is 221 g/mol. The van der Waals surface area contributed by atoms with Gasteiger partial charge in [-0.1, -0.05) is 0 Å². The molecule has 1 unspecified atom stereocenters. The van der Waals surface area contributed by atoms with Crippen molar-refractivity contribution in [1.82, 2.24) is 15.5 Å². The number of rotatable bonds is 3. The van der Waals surface area contributed by atoms with Crippen molar-refractivity contribution in [3.8, 4) is 0 Å². The number of carbonyl (C=O) groups excluding carboxylic acids is 1. The van der Waals surface area contributed by atoms with Crippen molar-refractivity contribution < 1.29 is 4.79 Å².